The van der Waals surface area contributed by atoms with Gasteiger partial charge in [0.2, 0.25) is 0 Å². The van der Waals surface area contributed by atoms with Crippen molar-refractivity contribution in [1.29, 1.82) is 0 Å². The molecule has 1 heterocycles. The highest BCUT2D eigenvalue weighted by Crippen LogP contribution is 2.18. The number of rotatable bonds is 5. The van der Waals surface area contributed by atoms with Crippen molar-refractivity contribution in [3.05, 3.63) is 59.4 Å². The predicted molar refractivity (Wildman–Crippen MR) is 79.3 cm³/mol. The number of ether oxygens (including phenoxy) is 1. The molecule has 0 radical (unpaired) electrons. The maximum atomic E-state index is 11.7. The lowest BCUT2D eigenvalue weighted by Crippen LogP contribution is -2.17. The van der Waals surface area contributed by atoms with Gasteiger partial charge in [-0.1, -0.05) is 0 Å². The van der Waals surface area contributed by atoms with Gasteiger partial charge in [0.15, 0.2) is 0 Å². The smallest absolute Gasteiger partial charge is 0.339 e. The molecule has 0 atom stereocenters. The van der Waals surface area contributed by atoms with Crippen LogP contribution in [-0.2, 0) is 0 Å². The molecule has 0 aliphatic rings. The SMILES string of the molecule is COc1ccc(/C=N\NC(=O)c2ccncc2)cc1C(=O)O. The second-order valence-electron chi connectivity index (χ2n) is 4.20. The number of carbonyl (C=O) groups is 2. The van der Waals surface area contributed by atoms with Crippen molar-refractivity contribution in [1.82, 2.24) is 10.4 Å². The summed E-state index contributed by atoms with van der Waals surface area (Å²) < 4.78 is 4.96. The number of aromatic carboxylic acids is 1. The standard InChI is InChI=1S/C15H13N3O4/c1-22-13-3-2-10(8-12(13)15(20)21)9-17-18-14(19)11-4-6-16-7-5-11/h2-9H,1H3,(H,18,19)(H,20,21)/b17-9-. The first-order valence-corrected chi connectivity index (χ1v) is 6.26. The fraction of sp³-hybridized carbons (Fsp3) is 0.0667. The topological polar surface area (TPSA) is 101 Å². The number of nitrogens with one attached hydrogen (secondary N) is 1. The minimum atomic E-state index is -1.10. The minimum Gasteiger partial charge on any atom is -0.496 e. The molecular formula is C15H13N3O4. The van der Waals surface area contributed by atoms with Crippen molar-refractivity contribution in [2.24, 2.45) is 5.10 Å². The van der Waals surface area contributed by atoms with Gasteiger partial charge >= 0.3 is 5.97 Å². The molecule has 7 heteroatoms. The van der Waals surface area contributed by atoms with Crippen LogP contribution in [0.4, 0.5) is 0 Å². The van der Waals surface area contributed by atoms with Gasteiger partial charge in [0.05, 0.1) is 13.3 Å². The molecule has 2 rings (SSSR count). The Morgan fingerprint density at radius 3 is 2.64 bits per heavy atom. The summed E-state index contributed by atoms with van der Waals surface area (Å²) in [7, 11) is 1.39. The number of benzene rings is 1. The van der Waals surface area contributed by atoms with E-state index < -0.39 is 5.97 Å². The van der Waals surface area contributed by atoms with Crippen LogP contribution in [0.15, 0.2) is 47.8 Å². The molecule has 0 aliphatic carbocycles. The van der Waals surface area contributed by atoms with Crippen molar-refractivity contribution >= 4 is 18.1 Å². The van der Waals surface area contributed by atoms with Crippen molar-refractivity contribution in [2.45, 2.75) is 0 Å². The number of carboxylic acids is 1. The molecule has 1 aromatic carbocycles. The fourth-order valence-electron chi connectivity index (χ4n) is 1.71. The Morgan fingerprint density at radius 1 is 1.27 bits per heavy atom. The quantitative estimate of drug-likeness (QED) is 0.644. The fourth-order valence-corrected chi connectivity index (χ4v) is 1.71. The first kappa shape index (κ1) is 15.2. The van der Waals surface area contributed by atoms with E-state index in [4.69, 9.17) is 9.84 Å². The second-order valence-corrected chi connectivity index (χ2v) is 4.20. The highest BCUT2D eigenvalue weighted by atomic mass is 16.5. The minimum absolute atomic E-state index is 0.0203. The monoisotopic (exact) mass is 299 g/mol. The zero-order chi connectivity index (χ0) is 15.9. The Hall–Kier alpha value is -3.22. The average molecular weight is 299 g/mol. The van der Waals surface area contributed by atoms with Crippen LogP contribution in [0.5, 0.6) is 5.75 Å². The number of hydrazone groups is 1. The molecule has 22 heavy (non-hydrogen) atoms. The lowest BCUT2D eigenvalue weighted by atomic mass is 10.1. The molecule has 0 unspecified atom stereocenters. The van der Waals surface area contributed by atoms with Gasteiger partial charge in [-0.25, -0.2) is 10.2 Å². The first-order valence-electron chi connectivity index (χ1n) is 6.26. The normalized spacial score (nSPS) is 10.4. The molecule has 0 aliphatic heterocycles. The maximum Gasteiger partial charge on any atom is 0.339 e. The molecule has 0 saturated carbocycles. The molecule has 7 nitrogen and oxygen atoms in total. The molecule has 1 amide bonds. The Bertz CT molecular complexity index is 714. The van der Waals surface area contributed by atoms with Crippen molar-refractivity contribution in [3.8, 4) is 5.75 Å². The molecule has 1 aromatic heterocycles. The molecule has 0 saturated heterocycles. The largest absolute Gasteiger partial charge is 0.496 e. The van der Waals surface area contributed by atoms with Gasteiger partial charge in [0.1, 0.15) is 11.3 Å². The van der Waals surface area contributed by atoms with E-state index in [1.54, 1.807) is 18.2 Å². The number of hydrogen-bond donors (Lipinski definition) is 2. The molecule has 2 N–H and O–H groups in total. The van der Waals surface area contributed by atoms with Crippen molar-refractivity contribution < 1.29 is 19.4 Å². The molecule has 0 spiro atoms. The van der Waals surface area contributed by atoms with Gasteiger partial charge in [-0.3, -0.25) is 9.78 Å². The lowest BCUT2D eigenvalue weighted by Gasteiger charge is -2.05. The van der Waals surface area contributed by atoms with E-state index in [-0.39, 0.29) is 17.2 Å². The molecule has 2 aromatic rings. The molecule has 0 fully saturated rings. The van der Waals surface area contributed by atoms with Crippen LogP contribution in [-0.4, -0.2) is 35.3 Å². The summed E-state index contributed by atoms with van der Waals surface area (Å²) in [6.45, 7) is 0. The Labute approximate surface area is 126 Å². The number of hydrogen-bond acceptors (Lipinski definition) is 5. The molecule has 0 bridgehead atoms. The lowest BCUT2D eigenvalue weighted by molar-refractivity contribution is 0.0693. The third-order valence-corrected chi connectivity index (χ3v) is 2.78. The zero-order valence-corrected chi connectivity index (χ0v) is 11.7. The van der Waals surface area contributed by atoms with E-state index in [0.29, 0.717) is 11.1 Å². The molecule has 112 valence electrons. The van der Waals surface area contributed by atoms with Crippen LogP contribution in [0.3, 0.4) is 0 Å². The van der Waals surface area contributed by atoms with Crippen LogP contribution in [0.25, 0.3) is 0 Å². The van der Waals surface area contributed by atoms with E-state index in [1.807, 2.05) is 0 Å². The van der Waals surface area contributed by atoms with Crippen LogP contribution >= 0.6 is 0 Å². The van der Waals surface area contributed by atoms with Crippen LogP contribution < -0.4 is 10.2 Å². The summed E-state index contributed by atoms with van der Waals surface area (Å²) in [5.41, 5.74) is 3.31. The summed E-state index contributed by atoms with van der Waals surface area (Å²) in [6.07, 6.45) is 4.35. The Kier molecular flexibility index (Phi) is 4.81. The molecular weight excluding hydrogens is 286 g/mol. The van der Waals surface area contributed by atoms with E-state index in [1.165, 1.54) is 37.9 Å². The van der Waals surface area contributed by atoms with E-state index in [2.05, 4.69) is 15.5 Å². The van der Waals surface area contributed by atoms with Crippen LogP contribution in [0, 0.1) is 0 Å². The van der Waals surface area contributed by atoms with Gasteiger partial charge in [0, 0.05) is 18.0 Å². The Balaban J connectivity index is 2.09. The van der Waals surface area contributed by atoms with Crippen molar-refractivity contribution in [2.75, 3.05) is 7.11 Å². The third-order valence-electron chi connectivity index (χ3n) is 2.78. The van der Waals surface area contributed by atoms with E-state index >= 15 is 0 Å². The van der Waals surface area contributed by atoms with Gasteiger partial charge in [-0.2, -0.15) is 5.10 Å². The first-order chi connectivity index (χ1) is 10.6. The van der Waals surface area contributed by atoms with E-state index in [0.717, 1.165) is 0 Å². The van der Waals surface area contributed by atoms with Crippen molar-refractivity contribution in [3.63, 3.8) is 0 Å². The number of methoxy groups -OCH3 is 1. The number of aromatic nitrogens is 1. The van der Waals surface area contributed by atoms with Gasteiger partial charge in [-0.05, 0) is 35.9 Å². The summed E-state index contributed by atoms with van der Waals surface area (Å²) in [4.78, 5) is 26.7. The number of pyridine rings is 1. The number of nitrogens with zero attached hydrogens (tertiary/aromatic N) is 2. The zero-order valence-electron chi connectivity index (χ0n) is 11.7. The number of carbonyl (C=O) groups excluding carboxylic acids is 1. The van der Waals surface area contributed by atoms with Crippen LogP contribution in [0.1, 0.15) is 26.3 Å². The summed E-state index contributed by atoms with van der Waals surface area (Å²) in [5.74, 6) is -1.23. The highest BCUT2D eigenvalue weighted by molar-refractivity contribution is 5.96. The van der Waals surface area contributed by atoms with Crippen LogP contribution in [0.2, 0.25) is 0 Å². The second kappa shape index (κ2) is 6.98. The summed E-state index contributed by atoms with van der Waals surface area (Å²) in [5, 5.41) is 12.9. The Morgan fingerprint density at radius 2 is 2.00 bits per heavy atom. The highest BCUT2D eigenvalue weighted by Gasteiger charge is 2.10. The average Bonchev–Trinajstić information content (AvgIpc) is 2.55. The predicted octanol–water partition coefficient (Wildman–Crippen LogP) is 1.55. The third kappa shape index (κ3) is 3.66. The maximum absolute atomic E-state index is 11.7. The summed E-state index contributed by atoms with van der Waals surface area (Å²) >= 11 is 0. The number of carboxylic acid groups (broad SMARTS) is 1. The number of amides is 1. The van der Waals surface area contributed by atoms with Gasteiger partial charge in [-0.15, -0.1) is 0 Å². The van der Waals surface area contributed by atoms with E-state index in [9.17, 15) is 9.59 Å². The van der Waals surface area contributed by atoms with Gasteiger partial charge < -0.3 is 9.84 Å². The van der Waals surface area contributed by atoms with Gasteiger partial charge in [0.25, 0.3) is 5.91 Å². The summed E-state index contributed by atoms with van der Waals surface area (Å²) in [6, 6.07) is 7.67.